The Balaban J connectivity index is 1.89. The molecular weight excluding hydrogens is 272 g/mol. The molecule has 0 radical (unpaired) electrons. The third-order valence-corrected chi connectivity index (χ3v) is 3.98. The lowest BCUT2D eigenvalue weighted by molar-refractivity contribution is -0.930. The van der Waals surface area contributed by atoms with Crippen molar-refractivity contribution in [2.75, 3.05) is 26.3 Å². The van der Waals surface area contributed by atoms with Crippen LogP contribution in [0, 0.1) is 11.7 Å². The van der Waals surface area contributed by atoms with Gasteiger partial charge in [-0.05, 0) is 31.3 Å². The Kier molecular flexibility index (Phi) is 3.95. The molecule has 2 heterocycles. The molecule has 1 aliphatic rings. The fourth-order valence-corrected chi connectivity index (χ4v) is 2.87. The number of hydrogen-bond donors (Lipinski definition) is 1. The molecule has 0 bridgehead atoms. The molecule has 0 saturated carbocycles. The average Bonchev–Trinajstić information content (AvgIpc) is 2.75. The predicted octanol–water partition coefficient (Wildman–Crippen LogP) is 0.584. The molecule has 0 atom stereocenters. The van der Waals surface area contributed by atoms with Crippen molar-refractivity contribution in [3.63, 3.8) is 0 Å². The topological polar surface area (TPSA) is 36.4 Å². The van der Waals surface area contributed by atoms with E-state index >= 15 is 0 Å². The van der Waals surface area contributed by atoms with Crippen LogP contribution in [0.3, 0.4) is 0 Å². The minimum Gasteiger partial charge on any atom is -0.370 e. The van der Waals surface area contributed by atoms with Gasteiger partial charge in [0.05, 0.1) is 13.2 Å². The second kappa shape index (κ2) is 5.87. The van der Waals surface area contributed by atoms with Gasteiger partial charge in [0.15, 0.2) is 6.67 Å². The van der Waals surface area contributed by atoms with Crippen molar-refractivity contribution in [3.8, 4) is 5.69 Å². The van der Waals surface area contributed by atoms with Crippen molar-refractivity contribution < 1.29 is 9.64 Å². The van der Waals surface area contributed by atoms with Gasteiger partial charge in [-0.1, -0.05) is 18.2 Å². The van der Waals surface area contributed by atoms with Gasteiger partial charge in [-0.25, -0.2) is 0 Å². The molecule has 6 heteroatoms. The van der Waals surface area contributed by atoms with Gasteiger partial charge >= 0.3 is 0 Å². The molecule has 1 aliphatic heterocycles. The van der Waals surface area contributed by atoms with Gasteiger partial charge in [0.1, 0.15) is 18.9 Å². The first kappa shape index (κ1) is 13.5. The van der Waals surface area contributed by atoms with Crippen LogP contribution in [0.25, 0.3) is 5.69 Å². The van der Waals surface area contributed by atoms with E-state index in [2.05, 4.69) is 17.2 Å². The molecule has 0 amide bonds. The van der Waals surface area contributed by atoms with Crippen molar-refractivity contribution in [2.45, 2.75) is 13.6 Å². The summed E-state index contributed by atoms with van der Waals surface area (Å²) in [6.45, 7) is 6.47. The van der Waals surface area contributed by atoms with Gasteiger partial charge in [0.2, 0.25) is 4.77 Å². The Morgan fingerprint density at radius 2 is 1.95 bits per heavy atom. The Hall–Kier alpha value is -1.50. The van der Waals surface area contributed by atoms with E-state index in [1.54, 1.807) is 0 Å². The number of nitrogens with one attached hydrogen (secondary N) is 1. The van der Waals surface area contributed by atoms with Crippen LogP contribution in [0.5, 0.6) is 0 Å². The molecule has 0 aliphatic carbocycles. The molecule has 20 heavy (non-hydrogen) atoms. The lowest BCUT2D eigenvalue weighted by Gasteiger charge is -2.23. The number of hydrogen-bond acceptors (Lipinski definition) is 3. The highest BCUT2D eigenvalue weighted by Crippen LogP contribution is 2.10. The number of nitrogens with zero attached hydrogens (tertiary/aromatic N) is 3. The van der Waals surface area contributed by atoms with Crippen molar-refractivity contribution in [1.29, 1.82) is 0 Å². The van der Waals surface area contributed by atoms with E-state index in [1.165, 1.54) is 4.90 Å². The first-order chi connectivity index (χ1) is 9.75. The van der Waals surface area contributed by atoms with Gasteiger partial charge in [-0.15, -0.1) is 0 Å². The summed E-state index contributed by atoms with van der Waals surface area (Å²) in [4.78, 5) is 1.46. The number of aryl methyl sites for hydroxylation is 1. The molecule has 0 unspecified atom stereocenters. The van der Waals surface area contributed by atoms with Crippen LogP contribution in [0.4, 0.5) is 0 Å². The lowest BCUT2D eigenvalue weighted by atomic mass is 10.3. The Morgan fingerprint density at radius 3 is 2.65 bits per heavy atom. The van der Waals surface area contributed by atoms with E-state index in [4.69, 9.17) is 17.0 Å². The maximum Gasteiger partial charge on any atom is 0.207 e. The third kappa shape index (κ3) is 2.67. The SMILES string of the molecule is Cc1nn(C[NH+]2CCOCC2)c(=S)n1-c1ccccc1. The number of quaternary nitrogens is 1. The number of para-hydroxylation sites is 1. The fourth-order valence-electron chi connectivity index (χ4n) is 2.52. The first-order valence-corrected chi connectivity index (χ1v) is 7.30. The van der Waals surface area contributed by atoms with Crippen LogP contribution < -0.4 is 4.90 Å². The molecule has 1 fully saturated rings. The molecule has 5 nitrogen and oxygen atoms in total. The van der Waals surface area contributed by atoms with E-state index in [-0.39, 0.29) is 0 Å². The number of morpholine rings is 1. The highest BCUT2D eigenvalue weighted by atomic mass is 32.1. The number of aromatic nitrogens is 3. The molecule has 3 rings (SSSR count). The first-order valence-electron chi connectivity index (χ1n) is 6.89. The van der Waals surface area contributed by atoms with Crippen LogP contribution in [0.2, 0.25) is 0 Å². The third-order valence-electron chi connectivity index (χ3n) is 3.59. The largest absolute Gasteiger partial charge is 0.370 e. The number of benzene rings is 1. The Morgan fingerprint density at radius 1 is 1.25 bits per heavy atom. The standard InChI is InChI=1S/C14H18N4OS/c1-12-15-17(11-16-7-9-19-10-8-16)14(20)18(12)13-5-3-2-4-6-13/h2-6H,7-11H2,1H3/p+1. The van der Waals surface area contributed by atoms with Gasteiger partial charge in [-0.2, -0.15) is 9.78 Å². The highest BCUT2D eigenvalue weighted by Gasteiger charge is 2.17. The average molecular weight is 291 g/mol. The lowest BCUT2D eigenvalue weighted by Crippen LogP contribution is -3.13. The van der Waals surface area contributed by atoms with Crippen LogP contribution >= 0.6 is 12.2 Å². The smallest absolute Gasteiger partial charge is 0.207 e. The van der Waals surface area contributed by atoms with Gasteiger partial charge in [-0.3, -0.25) is 4.57 Å². The molecule has 1 aromatic carbocycles. The van der Waals surface area contributed by atoms with E-state index in [0.29, 0.717) is 0 Å². The normalized spacial score (nSPS) is 16.4. The van der Waals surface area contributed by atoms with E-state index in [0.717, 1.165) is 49.3 Å². The van der Waals surface area contributed by atoms with Crippen LogP contribution in [0.15, 0.2) is 30.3 Å². The molecule has 1 saturated heterocycles. The predicted molar refractivity (Wildman–Crippen MR) is 78.6 cm³/mol. The Labute approximate surface area is 123 Å². The zero-order chi connectivity index (χ0) is 13.9. The summed E-state index contributed by atoms with van der Waals surface area (Å²) in [5, 5.41) is 4.59. The van der Waals surface area contributed by atoms with E-state index < -0.39 is 0 Å². The van der Waals surface area contributed by atoms with Crippen LogP contribution in [-0.2, 0) is 11.4 Å². The van der Waals surface area contributed by atoms with E-state index in [9.17, 15) is 0 Å². The van der Waals surface area contributed by atoms with Gasteiger partial charge < -0.3 is 9.64 Å². The van der Waals surface area contributed by atoms with Crippen molar-refractivity contribution in [1.82, 2.24) is 14.3 Å². The zero-order valence-electron chi connectivity index (χ0n) is 11.6. The summed E-state index contributed by atoms with van der Waals surface area (Å²) in [6, 6.07) is 10.1. The van der Waals surface area contributed by atoms with Crippen LogP contribution in [-0.4, -0.2) is 40.7 Å². The van der Waals surface area contributed by atoms with E-state index in [1.807, 2.05) is 34.4 Å². The van der Waals surface area contributed by atoms with Crippen molar-refractivity contribution >= 4 is 12.2 Å². The van der Waals surface area contributed by atoms with Crippen molar-refractivity contribution in [3.05, 3.63) is 40.9 Å². The Bertz CT molecular complexity index is 628. The maximum absolute atomic E-state index is 5.58. The van der Waals surface area contributed by atoms with Crippen LogP contribution in [0.1, 0.15) is 5.82 Å². The molecule has 2 aromatic rings. The molecule has 106 valence electrons. The molecular formula is C14H19N4OS+. The quantitative estimate of drug-likeness (QED) is 0.841. The van der Waals surface area contributed by atoms with Gasteiger partial charge in [0, 0.05) is 5.69 Å². The maximum atomic E-state index is 5.58. The molecule has 1 N–H and O–H groups in total. The zero-order valence-corrected chi connectivity index (χ0v) is 12.4. The second-order valence-corrected chi connectivity index (χ2v) is 5.39. The number of rotatable bonds is 3. The highest BCUT2D eigenvalue weighted by molar-refractivity contribution is 7.71. The summed E-state index contributed by atoms with van der Waals surface area (Å²) in [6.07, 6.45) is 0. The monoisotopic (exact) mass is 291 g/mol. The van der Waals surface area contributed by atoms with Gasteiger partial charge in [0.25, 0.3) is 0 Å². The minimum atomic E-state index is 0.757. The summed E-state index contributed by atoms with van der Waals surface area (Å²) in [5.74, 6) is 0.925. The molecule has 1 aromatic heterocycles. The number of ether oxygens (including phenoxy) is 1. The summed E-state index contributed by atoms with van der Waals surface area (Å²) in [7, 11) is 0. The summed E-state index contributed by atoms with van der Waals surface area (Å²) >= 11 is 5.58. The fraction of sp³-hybridized carbons (Fsp3) is 0.429. The summed E-state index contributed by atoms with van der Waals surface area (Å²) in [5.41, 5.74) is 1.07. The minimum absolute atomic E-state index is 0.757. The summed E-state index contributed by atoms with van der Waals surface area (Å²) < 4.78 is 10.1. The van der Waals surface area contributed by atoms with Crippen molar-refractivity contribution in [2.24, 2.45) is 0 Å². The second-order valence-electron chi connectivity index (χ2n) is 5.02. The molecule has 0 spiro atoms.